The largest absolute Gasteiger partial charge is 0.487 e. The SMILES string of the molecule is O=C(Nc1ccc(OC2CN(C(=O)C3CCCCC3)C2)cc1)N1CC(c2cccnc2)C1. The number of rotatable bonds is 5. The molecule has 3 aliphatic rings. The van der Waals surface area contributed by atoms with E-state index in [-0.39, 0.29) is 18.1 Å². The number of hydrogen-bond acceptors (Lipinski definition) is 4. The van der Waals surface area contributed by atoms with Gasteiger partial charge in [-0.2, -0.15) is 0 Å². The number of carbonyl (C=O) groups is 2. The van der Waals surface area contributed by atoms with E-state index in [1.807, 2.05) is 41.4 Å². The number of aromatic nitrogens is 1. The maximum atomic E-state index is 12.5. The average molecular weight is 435 g/mol. The van der Waals surface area contributed by atoms with Gasteiger partial charge >= 0.3 is 6.03 Å². The molecule has 3 heterocycles. The van der Waals surface area contributed by atoms with Gasteiger partial charge in [-0.15, -0.1) is 0 Å². The number of amides is 3. The van der Waals surface area contributed by atoms with Gasteiger partial charge in [0.25, 0.3) is 0 Å². The maximum absolute atomic E-state index is 12.5. The first kappa shape index (κ1) is 20.8. The van der Waals surface area contributed by atoms with Crippen LogP contribution in [-0.2, 0) is 4.79 Å². The second-order valence-corrected chi connectivity index (χ2v) is 9.16. The summed E-state index contributed by atoms with van der Waals surface area (Å²) in [6.45, 7) is 2.74. The molecule has 7 nitrogen and oxygen atoms in total. The molecule has 1 aliphatic carbocycles. The first-order chi connectivity index (χ1) is 15.7. The van der Waals surface area contributed by atoms with Gasteiger partial charge in [0.15, 0.2) is 0 Å². The quantitative estimate of drug-likeness (QED) is 0.775. The van der Waals surface area contributed by atoms with Gasteiger partial charge in [0.05, 0.1) is 13.1 Å². The summed E-state index contributed by atoms with van der Waals surface area (Å²) in [6, 6.07) is 11.3. The Labute approximate surface area is 188 Å². The predicted molar refractivity (Wildman–Crippen MR) is 122 cm³/mol. The van der Waals surface area contributed by atoms with Crippen LogP contribution in [0.25, 0.3) is 0 Å². The standard InChI is InChI=1S/C25H30N4O3/c30-24(18-5-2-1-3-6-18)28-16-23(17-28)32-22-10-8-21(9-11-22)27-25(31)29-14-20(15-29)19-7-4-12-26-13-19/h4,7-13,18,20,23H,1-3,5-6,14-17H2,(H,27,31). The Morgan fingerprint density at radius 3 is 2.38 bits per heavy atom. The molecule has 0 bridgehead atoms. The molecule has 1 saturated carbocycles. The molecule has 3 fully saturated rings. The molecule has 32 heavy (non-hydrogen) atoms. The highest BCUT2D eigenvalue weighted by Crippen LogP contribution is 2.29. The summed E-state index contributed by atoms with van der Waals surface area (Å²) in [5, 5.41) is 2.95. The number of urea groups is 1. The van der Waals surface area contributed by atoms with Gasteiger partial charge < -0.3 is 19.9 Å². The van der Waals surface area contributed by atoms with Crippen LogP contribution in [-0.4, -0.2) is 59.0 Å². The molecule has 2 aromatic rings. The fraction of sp³-hybridized carbons (Fsp3) is 0.480. The van der Waals surface area contributed by atoms with Crippen molar-refractivity contribution in [3.8, 4) is 5.75 Å². The van der Waals surface area contributed by atoms with E-state index in [0.29, 0.717) is 38.0 Å². The van der Waals surface area contributed by atoms with Crippen molar-refractivity contribution in [1.29, 1.82) is 0 Å². The summed E-state index contributed by atoms with van der Waals surface area (Å²) >= 11 is 0. The lowest BCUT2D eigenvalue weighted by molar-refractivity contribution is -0.145. The maximum Gasteiger partial charge on any atom is 0.321 e. The Hall–Kier alpha value is -3.09. The van der Waals surface area contributed by atoms with Crippen molar-refractivity contribution < 1.29 is 14.3 Å². The van der Waals surface area contributed by atoms with Gasteiger partial charge in [0.2, 0.25) is 5.91 Å². The van der Waals surface area contributed by atoms with Crippen molar-refractivity contribution in [1.82, 2.24) is 14.8 Å². The van der Waals surface area contributed by atoms with Crippen LogP contribution < -0.4 is 10.1 Å². The van der Waals surface area contributed by atoms with Crippen molar-refractivity contribution in [2.45, 2.75) is 44.1 Å². The molecule has 5 rings (SSSR count). The first-order valence-electron chi connectivity index (χ1n) is 11.7. The Morgan fingerprint density at radius 1 is 0.938 bits per heavy atom. The highest BCUT2D eigenvalue weighted by molar-refractivity contribution is 5.90. The molecular formula is C25H30N4O3. The summed E-state index contributed by atoms with van der Waals surface area (Å²) < 4.78 is 6.00. The zero-order valence-corrected chi connectivity index (χ0v) is 18.3. The number of hydrogen-bond donors (Lipinski definition) is 1. The fourth-order valence-corrected chi connectivity index (χ4v) is 4.78. The highest BCUT2D eigenvalue weighted by atomic mass is 16.5. The van der Waals surface area contributed by atoms with Crippen LogP contribution in [0, 0.1) is 5.92 Å². The van der Waals surface area contributed by atoms with E-state index in [1.54, 1.807) is 11.1 Å². The number of nitrogens with one attached hydrogen (secondary N) is 1. The summed E-state index contributed by atoms with van der Waals surface area (Å²) in [4.78, 5) is 32.9. The van der Waals surface area contributed by atoms with Crippen LogP contribution in [0.2, 0.25) is 0 Å². The second kappa shape index (κ2) is 9.18. The van der Waals surface area contributed by atoms with Crippen LogP contribution in [0.5, 0.6) is 5.75 Å². The van der Waals surface area contributed by atoms with Crippen molar-refractivity contribution >= 4 is 17.6 Å². The minimum absolute atomic E-state index is 0.0495. The third-order valence-corrected chi connectivity index (χ3v) is 6.85. The Kier molecular flexibility index (Phi) is 5.97. The van der Waals surface area contributed by atoms with E-state index in [1.165, 1.54) is 24.8 Å². The number of anilines is 1. The van der Waals surface area contributed by atoms with Crippen molar-refractivity contribution in [3.63, 3.8) is 0 Å². The molecule has 1 aromatic carbocycles. The molecule has 1 aromatic heterocycles. The number of likely N-dealkylation sites (tertiary alicyclic amines) is 2. The molecule has 0 unspecified atom stereocenters. The lowest BCUT2D eigenvalue weighted by atomic mass is 9.87. The monoisotopic (exact) mass is 434 g/mol. The lowest BCUT2D eigenvalue weighted by Gasteiger charge is -2.41. The third-order valence-electron chi connectivity index (χ3n) is 6.85. The third kappa shape index (κ3) is 4.56. The minimum Gasteiger partial charge on any atom is -0.487 e. The average Bonchev–Trinajstić information content (AvgIpc) is 2.77. The Bertz CT molecular complexity index is 931. The Balaban J connectivity index is 1.04. The molecule has 0 radical (unpaired) electrons. The van der Waals surface area contributed by atoms with Crippen LogP contribution >= 0.6 is 0 Å². The number of ether oxygens (including phenoxy) is 1. The van der Waals surface area contributed by atoms with Gasteiger partial charge in [-0.05, 0) is 48.7 Å². The molecule has 2 saturated heterocycles. The number of pyridine rings is 1. The fourth-order valence-electron chi connectivity index (χ4n) is 4.78. The summed E-state index contributed by atoms with van der Waals surface area (Å²) in [7, 11) is 0. The van der Waals surface area contributed by atoms with Gasteiger partial charge in [0, 0.05) is 43.0 Å². The predicted octanol–water partition coefficient (Wildman–Crippen LogP) is 3.88. The highest BCUT2D eigenvalue weighted by Gasteiger charge is 2.36. The number of benzene rings is 1. The normalized spacial score (nSPS) is 19.8. The molecular weight excluding hydrogens is 404 g/mol. The topological polar surface area (TPSA) is 74.8 Å². The van der Waals surface area contributed by atoms with E-state index in [4.69, 9.17) is 4.74 Å². The van der Waals surface area contributed by atoms with Crippen LogP contribution in [0.3, 0.4) is 0 Å². The van der Waals surface area contributed by atoms with E-state index in [0.717, 1.165) is 24.3 Å². The number of nitrogens with zero attached hydrogens (tertiary/aromatic N) is 3. The summed E-state index contributed by atoms with van der Waals surface area (Å²) in [5.41, 5.74) is 1.92. The molecule has 1 N–H and O–H groups in total. The van der Waals surface area contributed by atoms with Gasteiger partial charge in [-0.3, -0.25) is 9.78 Å². The first-order valence-corrected chi connectivity index (χ1v) is 11.7. The summed E-state index contributed by atoms with van der Waals surface area (Å²) in [6.07, 6.45) is 9.37. The second-order valence-electron chi connectivity index (χ2n) is 9.16. The molecule has 168 valence electrons. The van der Waals surface area contributed by atoms with E-state index in [2.05, 4.69) is 16.4 Å². The van der Waals surface area contributed by atoms with Gasteiger partial charge in [-0.1, -0.05) is 25.3 Å². The van der Waals surface area contributed by atoms with E-state index >= 15 is 0 Å². The van der Waals surface area contributed by atoms with E-state index in [9.17, 15) is 9.59 Å². The Morgan fingerprint density at radius 2 is 1.69 bits per heavy atom. The van der Waals surface area contributed by atoms with Gasteiger partial charge in [0.1, 0.15) is 11.9 Å². The number of carbonyl (C=O) groups excluding carboxylic acids is 2. The molecule has 2 aliphatic heterocycles. The molecule has 7 heteroatoms. The molecule has 0 spiro atoms. The lowest BCUT2D eigenvalue weighted by Crippen LogP contribution is -2.57. The molecule has 0 atom stereocenters. The van der Waals surface area contributed by atoms with Crippen molar-refractivity contribution in [2.24, 2.45) is 5.92 Å². The van der Waals surface area contributed by atoms with Crippen molar-refractivity contribution in [2.75, 3.05) is 31.5 Å². The van der Waals surface area contributed by atoms with Crippen molar-refractivity contribution in [3.05, 3.63) is 54.4 Å². The van der Waals surface area contributed by atoms with Crippen LogP contribution in [0.1, 0.15) is 43.6 Å². The van der Waals surface area contributed by atoms with E-state index < -0.39 is 0 Å². The zero-order valence-electron chi connectivity index (χ0n) is 18.3. The zero-order chi connectivity index (χ0) is 21.9. The molecule has 3 amide bonds. The smallest absolute Gasteiger partial charge is 0.321 e. The van der Waals surface area contributed by atoms with Crippen LogP contribution in [0.15, 0.2) is 48.8 Å². The minimum atomic E-state index is -0.0883. The van der Waals surface area contributed by atoms with Gasteiger partial charge in [-0.25, -0.2) is 4.79 Å². The van der Waals surface area contributed by atoms with Crippen LogP contribution in [0.4, 0.5) is 10.5 Å². The summed E-state index contributed by atoms with van der Waals surface area (Å²) in [5.74, 6) is 1.65.